The molecule has 1 heterocycles. The number of rotatable bonds is 6. The summed E-state index contributed by atoms with van der Waals surface area (Å²) in [7, 11) is 0. The zero-order valence-corrected chi connectivity index (χ0v) is 15.7. The Kier molecular flexibility index (Phi) is 6.05. The summed E-state index contributed by atoms with van der Waals surface area (Å²) >= 11 is 7.24. The monoisotopic (exact) mass is 427 g/mol. The Labute approximate surface area is 167 Å². The fourth-order valence-electron chi connectivity index (χ4n) is 2.21. The van der Waals surface area contributed by atoms with Gasteiger partial charge < -0.3 is 15.4 Å². The average Bonchev–Trinajstić information content (AvgIpc) is 3.10. The molecule has 5 nitrogen and oxygen atoms in total. The third-order valence-corrected chi connectivity index (χ3v) is 4.60. The highest BCUT2D eigenvalue weighted by Gasteiger charge is 2.30. The number of carbonyl (C=O) groups is 1. The molecule has 1 amide bonds. The van der Waals surface area contributed by atoms with E-state index in [9.17, 15) is 18.0 Å². The van der Waals surface area contributed by atoms with Crippen molar-refractivity contribution >= 4 is 39.7 Å². The second-order valence-electron chi connectivity index (χ2n) is 5.51. The van der Waals surface area contributed by atoms with Crippen LogP contribution in [0.15, 0.2) is 53.9 Å². The van der Waals surface area contributed by atoms with Gasteiger partial charge in [-0.05, 0) is 35.9 Å². The van der Waals surface area contributed by atoms with E-state index >= 15 is 0 Å². The molecule has 28 heavy (non-hydrogen) atoms. The number of aromatic nitrogens is 1. The predicted molar refractivity (Wildman–Crippen MR) is 101 cm³/mol. The number of halogens is 4. The number of nitrogens with zero attached hydrogens (tertiary/aromatic N) is 1. The smallest absolute Gasteiger partial charge is 0.406 e. The fourth-order valence-corrected chi connectivity index (χ4v) is 3.12. The summed E-state index contributed by atoms with van der Waals surface area (Å²) < 4.78 is 40.3. The number of nitrogens with one attached hydrogen (secondary N) is 2. The lowest BCUT2D eigenvalue weighted by molar-refractivity contribution is -0.274. The quantitative estimate of drug-likeness (QED) is 0.555. The first-order chi connectivity index (χ1) is 13.3. The number of hydrogen-bond donors (Lipinski definition) is 2. The number of benzene rings is 2. The molecule has 0 saturated carbocycles. The molecule has 0 atom stereocenters. The first kappa shape index (κ1) is 20.0. The topological polar surface area (TPSA) is 63.2 Å². The predicted octanol–water partition coefficient (Wildman–Crippen LogP) is 5.37. The van der Waals surface area contributed by atoms with E-state index in [4.69, 9.17) is 11.6 Å². The molecule has 0 aliphatic heterocycles. The van der Waals surface area contributed by atoms with Crippen LogP contribution in [0.2, 0.25) is 5.02 Å². The van der Waals surface area contributed by atoms with Gasteiger partial charge in [0, 0.05) is 22.6 Å². The van der Waals surface area contributed by atoms with Crippen molar-refractivity contribution in [1.29, 1.82) is 0 Å². The summed E-state index contributed by atoms with van der Waals surface area (Å²) in [6.45, 7) is 0.263. The maximum Gasteiger partial charge on any atom is 0.573 e. The number of hydrogen-bond acceptors (Lipinski definition) is 5. The van der Waals surface area contributed by atoms with Gasteiger partial charge in [-0.25, -0.2) is 4.98 Å². The van der Waals surface area contributed by atoms with Crippen molar-refractivity contribution in [3.63, 3.8) is 0 Å². The third kappa shape index (κ3) is 5.61. The van der Waals surface area contributed by atoms with E-state index in [1.54, 1.807) is 17.5 Å². The van der Waals surface area contributed by atoms with Gasteiger partial charge in [0.25, 0.3) is 5.91 Å². The molecule has 2 aromatic carbocycles. The highest BCUT2D eigenvalue weighted by molar-refractivity contribution is 7.14. The zero-order valence-electron chi connectivity index (χ0n) is 14.1. The second-order valence-corrected chi connectivity index (χ2v) is 6.77. The fraction of sp³-hybridized carbons (Fsp3) is 0.111. The summed E-state index contributed by atoms with van der Waals surface area (Å²) in [5.74, 6) is -0.685. The van der Waals surface area contributed by atoms with Crippen molar-refractivity contribution in [3.05, 3.63) is 70.2 Å². The first-order valence-electron chi connectivity index (χ1n) is 7.90. The Bertz CT molecular complexity index is 961. The molecule has 3 aromatic rings. The maximum absolute atomic E-state index is 12.2. The van der Waals surface area contributed by atoms with Crippen LogP contribution in [0.4, 0.5) is 24.0 Å². The Morgan fingerprint density at radius 2 is 1.86 bits per heavy atom. The number of anilines is 2. The van der Waals surface area contributed by atoms with Crippen LogP contribution in [0, 0.1) is 0 Å². The van der Waals surface area contributed by atoms with Crippen LogP contribution in [-0.2, 0) is 6.54 Å². The van der Waals surface area contributed by atoms with E-state index in [-0.39, 0.29) is 23.9 Å². The highest BCUT2D eigenvalue weighted by Crippen LogP contribution is 2.26. The minimum atomic E-state index is -4.74. The van der Waals surface area contributed by atoms with Gasteiger partial charge in [-0.15, -0.1) is 24.5 Å². The molecule has 0 unspecified atom stereocenters. The molecule has 0 saturated heterocycles. The highest BCUT2D eigenvalue weighted by atomic mass is 35.5. The van der Waals surface area contributed by atoms with E-state index in [2.05, 4.69) is 20.4 Å². The van der Waals surface area contributed by atoms with Gasteiger partial charge in [-0.3, -0.25) is 4.79 Å². The van der Waals surface area contributed by atoms with Crippen LogP contribution < -0.4 is 15.4 Å². The van der Waals surface area contributed by atoms with Gasteiger partial charge in [0.15, 0.2) is 5.13 Å². The van der Waals surface area contributed by atoms with Crippen molar-refractivity contribution in [3.8, 4) is 5.75 Å². The largest absolute Gasteiger partial charge is 0.573 e. The number of ether oxygens (including phenoxy) is 1. The van der Waals surface area contributed by atoms with E-state index in [1.165, 1.54) is 35.6 Å². The lowest BCUT2D eigenvalue weighted by Gasteiger charge is -2.09. The normalized spacial score (nSPS) is 11.1. The minimum absolute atomic E-state index is 0.219. The number of carbonyl (C=O) groups excluding carboxylic acids is 1. The number of thiazole rings is 1. The van der Waals surface area contributed by atoms with Crippen molar-refractivity contribution in [2.75, 3.05) is 5.32 Å². The number of amides is 1. The number of alkyl halides is 3. The molecular formula is C18H13ClF3N3O2S. The van der Waals surface area contributed by atoms with E-state index in [1.807, 2.05) is 12.1 Å². The van der Waals surface area contributed by atoms with E-state index in [0.717, 1.165) is 5.56 Å². The van der Waals surface area contributed by atoms with Gasteiger partial charge in [-0.1, -0.05) is 29.8 Å². The van der Waals surface area contributed by atoms with Gasteiger partial charge in [0.05, 0.1) is 0 Å². The lowest BCUT2D eigenvalue weighted by atomic mass is 10.2. The van der Waals surface area contributed by atoms with Crippen molar-refractivity contribution < 1.29 is 22.7 Å². The van der Waals surface area contributed by atoms with Gasteiger partial charge in [0.1, 0.15) is 11.4 Å². The minimum Gasteiger partial charge on any atom is -0.406 e. The standard InChI is InChI=1S/C18H13ClF3N3O2S/c19-14-4-2-1-3-11(14)9-23-16(26)15-10-28-17(25-15)24-12-5-7-13(8-6-12)27-18(20,21)22/h1-8,10H,9H2,(H,23,26)(H,24,25). The van der Waals surface area contributed by atoms with Crippen LogP contribution in [0.5, 0.6) is 5.75 Å². The van der Waals surface area contributed by atoms with Crippen molar-refractivity contribution in [2.45, 2.75) is 12.9 Å². The zero-order chi connectivity index (χ0) is 20.1. The summed E-state index contributed by atoms with van der Waals surface area (Å²) in [6.07, 6.45) is -4.74. The summed E-state index contributed by atoms with van der Waals surface area (Å²) in [4.78, 5) is 16.4. The first-order valence-corrected chi connectivity index (χ1v) is 9.16. The summed E-state index contributed by atoms with van der Waals surface area (Å²) in [5.41, 5.74) is 1.51. The Morgan fingerprint density at radius 3 is 2.54 bits per heavy atom. The molecule has 3 rings (SSSR count). The Hall–Kier alpha value is -2.78. The van der Waals surface area contributed by atoms with Gasteiger partial charge in [0.2, 0.25) is 0 Å². The Balaban J connectivity index is 1.57. The summed E-state index contributed by atoms with van der Waals surface area (Å²) in [5, 5.41) is 8.21. The maximum atomic E-state index is 12.2. The molecule has 2 N–H and O–H groups in total. The van der Waals surface area contributed by atoms with Crippen molar-refractivity contribution in [1.82, 2.24) is 10.3 Å². The molecule has 0 radical (unpaired) electrons. The SMILES string of the molecule is O=C(NCc1ccccc1Cl)c1csc(Nc2ccc(OC(F)(F)F)cc2)n1. The van der Waals surface area contributed by atoms with Crippen LogP contribution >= 0.6 is 22.9 Å². The van der Waals surface area contributed by atoms with Crippen LogP contribution in [0.25, 0.3) is 0 Å². The molecule has 146 valence electrons. The molecule has 0 fully saturated rings. The molecule has 0 spiro atoms. The Morgan fingerprint density at radius 1 is 1.14 bits per heavy atom. The molecule has 0 aliphatic rings. The lowest BCUT2D eigenvalue weighted by Crippen LogP contribution is -2.23. The van der Waals surface area contributed by atoms with E-state index in [0.29, 0.717) is 15.8 Å². The molecule has 10 heteroatoms. The summed E-state index contributed by atoms with van der Waals surface area (Å²) in [6, 6.07) is 12.4. The molecular weight excluding hydrogens is 415 g/mol. The van der Waals surface area contributed by atoms with Crippen LogP contribution in [0.1, 0.15) is 16.1 Å². The van der Waals surface area contributed by atoms with Crippen LogP contribution in [-0.4, -0.2) is 17.3 Å². The van der Waals surface area contributed by atoms with Crippen LogP contribution in [0.3, 0.4) is 0 Å². The molecule has 0 aliphatic carbocycles. The molecule has 1 aromatic heterocycles. The molecule has 0 bridgehead atoms. The third-order valence-electron chi connectivity index (χ3n) is 3.47. The van der Waals surface area contributed by atoms with Gasteiger partial charge >= 0.3 is 6.36 Å². The van der Waals surface area contributed by atoms with E-state index < -0.39 is 6.36 Å². The van der Waals surface area contributed by atoms with Gasteiger partial charge in [-0.2, -0.15) is 0 Å². The second kappa shape index (κ2) is 8.49. The van der Waals surface area contributed by atoms with Crippen molar-refractivity contribution in [2.24, 2.45) is 0 Å². The average molecular weight is 428 g/mol.